The predicted octanol–water partition coefficient (Wildman–Crippen LogP) is 3.26. The van der Waals surface area contributed by atoms with E-state index >= 15 is 0 Å². The molecule has 1 aromatic heterocycles. The van der Waals surface area contributed by atoms with Crippen LogP contribution in [0.2, 0.25) is 0 Å². The molecule has 1 fully saturated rings. The third-order valence-corrected chi connectivity index (χ3v) is 2.68. The Bertz CT molecular complexity index is 305. The molecule has 0 aromatic carbocycles. The molecule has 0 aliphatic heterocycles. The van der Waals surface area contributed by atoms with Gasteiger partial charge in [-0.1, -0.05) is 20.8 Å². The van der Waals surface area contributed by atoms with E-state index < -0.39 is 0 Å². The van der Waals surface area contributed by atoms with Crippen LogP contribution >= 0.6 is 0 Å². The van der Waals surface area contributed by atoms with E-state index in [1.807, 2.05) is 12.4 Å². The summed E-state index contributed by atoms with van der Waals surface area (Å²) in [5.74, 6) is 0.831. The second-order valence-electron chi connectivity index (χ2n) is 4.99. The minimum absolute atomic E-state index is 0.242. The summed E-state index contributed by atoms with van der Waals surface area (Å²) >= 11 is 0. The zero-order valence-corrected chi connectivity index (χ0v) is 8.67. The standard InChI is InChI=1S/C12H17N/c1-12(2,3)11-8-13-7-6-10(11)9-4-5-9/h6-9H,4-5H2,1-3H3. The van der Waals surface area contributed by atoms with Gasteiger partial charge in [-0.15, -0.1) is 0 Å². The van der Waals surface area contributed by atoms with Gasteiger partial charge in [-0.3, -0.25) is 4.98 Å². The first-order valence-electron chi connectivity index (χ1n) is 5.03. The van der Waals surface area contributed by atoms with Gasteiger partial charge in [-0.05, 0) is 41.4 Å². The maximum atomic E-state index is 4.22. The van der Waals surface area contributed by atoms with Gasteiger partial charge in [0.2, 0.25) is 0 Å². The third kappa shape index (κ3) is 1.74. The normalized spacial score (nSPS) is 17.5. The Balaban J connectivity index is 2.43. The molecule has 1 nitrogen and oxygen atoms in total. The summed E-state index contributed by atoms with van der Waals surface area (Å²) in [4.78, 5) is 4.22. The summed E-state index contributed by atoms with van der Waals surface area (Å²) < 4.78 is 0. The van der Waals surface area contributed by atoms with Gasteiger partial charge in [0.15, 0.2) is 0 Å². The molecule has 0 saturated heterocycles. The maximum absolute atomic E-state index is 4.22. The lowest BCUT2D eigenvalue weighted by Crippen LogP contribution is -2.14. The Kier molecular flexibility index (Phi) is 1.90. The summed E-state index contributed by atoms with van der Waals surface area (Å²) in [5.41, 5.74) is 3.20. The lowest BCUT2D eigenvalue weighted by molar-refractivity contribution is 0.579. The number of aromatic nitrogens is 1. The largest absolute Gasteiger partial charge is 0.264 e. The highest BCUT2D eigenvalue weighted by molar-refractivity contribution is 5.35. The van der Waals surface area contributed by atoms with Crippen LogP contribution in [0.3, 0.4) is 0 Å². The van der Waals surface area contributed by atoms with Crippen LogP contribution in [0.4, 0.5) is 0 Å². The molecule has 1 heterocycles. The van der Waals surface area contributed by atoms with Crippen molar-refractivity contribution in [2.45, 2.75) is 44.9 Å². The second-order valence-corrected chi connectivity index (χ2v) is 4.99. The van der Waals surface area contributed by atoms with E-state index in [-0.39, 0.29) is 5.41 Å². The van der Waals surface area contributed by atoms with Gasteiger partial charge in [0.05, 0.1) is 0 Å². The minimum Gasteiger partial charge on any atom is -0.264 e. The fraction of sp³-hybridized carbons (Fsp3) is 0.583. The van der Waals surface area contributed by atoms with Crippen molar-refractivity contribution in [1.82, 2.24) is 4.98 Å². The number of hydrogen-bond acceptors (Lipinski definition) is 1. The number of nitrogens with zero attached hydrogens (tertiary/aromatic N) is 1. The van der Waals surface area contributed by atoms with Gasteiger partial charge in [-0.25, -0.2) is 0 Å². The highest BCUT2D eigenvalue weighted by Crippen LogP contribution is 2.43. The van der Waals surface area contributed by atoms with Crippen LogP contribution in [0, 0.1) is 0 Å². The molecule has 1 aliphatic carbocycles. The first-order chi connectivity index (χ1) is 6.09. The van der Waals surface area contributed by atoms with Crippen molar-refractivity contribution in [1.29, 1.82) is 0 Å². The number of pyridine rings is 1. The first-order valence-corrected chi connectivity index (χ1v) is 5.03. The van der Waals surface area contributed by atoms with E-state index in [4.69, 9.17) is 0 Å². The number of rotatable bonds is 1. The molecule has 13 heavy (non-hydrogen) atoms. The van der Waals surface area contributed by atoms with E-state index in [1.54, 1.807) is 0 Å². The monoisotopic (exact) mass is 175 g/mol. The topological polar surface area (TPSA) is 12.9 Å². The summed E-state index contributed by atoms with van der Waals surface area (Å²) in [5, 5.41) is 0. The van der Waals surface area contributed by atoms with E-state index in [1.165, 1.54) is 24.0 Å². The molecule has 0 radical (unpaired) electrons. The average Bonchev–Trinajstić information content (AvgIpc) is 2.85. The highest BCUT2D eigenvalue weighted by Gasteiger charge is 2.29. The van der Waals surface area contributed by atoms with Crippen LogP contribution in [-0.4, -0.2) is 4.98 Å². The molecule has 0 unspecified atom stereocenters. The highest BCUT2D eigenvalue weighted by atomic mass is 14.6. The average molecular weight is 175 g/mol. The predicted molar refractivity (Wildman–Crippen MR) is 54.9 cm³/mol. The van der Waals surface area contributed by atoms with E-state index in [0.29, 0.717) is 0 Å². The summed E-state index contributed by atoms with van der Waals surface area (Å²) in [6, 6.07) is 2.19. The van der Waals surface area contributed by atoms with Crippen molar-refractivity contribution < 1.29 is 0 Å². The van der Waals surface area contributed by atoms with E-state index in [2.05, 4.69) is 31.8 Å². The molecule has 1 aromatic rings. The first kappa shape index (κ1) is 8.74. The summed E-state index contributed by atoms with van der Waals surface area (Å²) in [6.07, 6.45) is 6.69. The summed E-state index contributed by atoms with van der Waals surface area (Å²) in [7, 11) is 0. The Morgan fingerprint density at radius 3 is 2.54 bits per heavy atom. The molecule has 1 heteroatoms. The van der Waals surface area contributed by atoms with Crippen LogP contribution < -0.4 is 0 Å². The summed E-state index contributed by atoms with van der Waals surface area (Å²) in [6.45, 7) is 6.78. The molecule has 0 spiro atoms. The smallest absolute Gasteiger partial charge is 0.0308 e. The van der Waals surface area contributed by atoms with Gasteiger partial charge >= 0.3 is 0 Å². The van der Waals surface area contributed by atoms with Crippen molar-refractivity contribution in [2.24, 2.45) is 0 Å². The van der Waals surface area contributed by atoms with Crippen molar-refractivity contribution in [2.75, 3.05) is 0 Å². The third-order valence-electron chi connectivity index (χ3n) is 2.68. The Morgan fingerprint density at radius 2 is 2.00 bits per heavy atom. The molecular weight excluding hydrogens is 158 g/mol. The van der Waals surface area contributed by atoms with Gasteiger partial charge in [0, 0.05) is 12.4 Å². The zero-order chi connectivity index (χ0) is 9.47. The molecule has 1 saturated carbocycles. The molecule has 0 bridgehead atoms. The molecule has 70 valence electrons. The number of hydrogen-bond donors (Lipinski definition) is 0. The van der Waals surface area contributed by atoms with Crippen LogP contribution in [0.15, 0.2) is 18.5 Å². The maximum Gasteiger partial charge on any atom is 0.0308 e. The fourth-order valence-corrected chi connectivity index (χ4v) is 1.78. The van der Waals surface area contributed by atoms with Gasteiger partial charge < -0.3 is 0 Å². The SMILES string of the molecule is CC(C)(C)c1cnccc1C1CC1. The molecule has 0 N–H and O–H groups in total. The van der Waals surface area contributed by atoms with Gasteiger partial charge in [-0.2, -0.15) is 0 Å². The zero-order valence-electron chi connectivity index (χ0n) is 8.67. The molecule has 0 amide bonds. The Labute approximate surface area is 80.2 Å². The van der Waals surface area contributed by atoms with Crippen molar-refractivity contribution >= 4 is 0 Å². The van der Waals surface area contributed by atoms with Gasteiger partial charge in [0.25, 0.3) is 0 Å². The van der Waals surface area contributed by atoms with Crippen molar-refractivity contribution in [3.05, 3.63) is 29.6 Å². The van der Waals surface area contributed by atoms with Gasteiger partial charge in [0.1, 0.15) is 0 Å². The van der Waals surface area contributed by atoms with E-state index in [0.717, 1.165) is 5.92 Å². The second kappa shape index (κ2) is 2.83. The van der Waals surface area contributed by atoms with Crippen LogP contribution in [0.25, 0.3) is 0 Å². The van der Waals surface area contributed by atoms with Crippen LogP contribution in [0.5, 0.6) is 0 Å². The van der Waals surface area contributed by atoms with Crippen LogP contribution in [-0.2, 0) is 5.41 Å². The van der Waals surface area contributed by atoms with Crippen LogP contribution in [0.1, 0.15) is 50.7 Å². The fourth-order valence-electron chi connectivity index (χ4n) is 1.78. The minimum atomic E-state index is 0.242. The Morgan fingerprint density at radius 1 is 1.31 bits per heavy atom. The lowest BCUT2D eigenvalue weighted by atomic mass is 9.84. The molecule has 2 rings (SSSR count). The molecular formula is C12H17N. The van der Waals surface area contributed by atoms with Crippen molar-refractivity contribution in [3.8, 4) is 0 Å². The Hall–Kier alpha value is -0.850. The molecule has 0 atom stereocenters. The van der Waals surface area contributed by atoms with Crippen molar-refractivity contribution in [3.63, 3.8) is 0 Å². The lowest BCUT2D eigenvalue weighted by Gasteiger charge is -2.22. The van der Waals surface area contributed by atoms with E-state index in [9.17, 15) is 0 Å². The quantitative estimate of drug-likeness (QED) is 0.638. The molecule has 1 aliphatic rings.